The molecule has 0 saturated carbocycles. The highest BCUT2D eigenvalue weighted by atomic mass is 35.5. The Labute approximate surface area is 142 Å². The number of hydrogen-bond acceptors (Lipinski definition) is 2. The van der Waals surface area contributed by atoms with E-state index in [4.69, 9.17) is 11.6 Å². The van der Waals surface area contributed by atoms with Gasteiger partial charge in [-0.25, -0.2) is 0 Å². The van der Waals surface area contributed by atoms with Gasteiger partial charge < -0.3 is 10.4 Å². The molecule has 0 aliphatic carbocycles. The molecule has 0 heterocycles. The van der Waals surface area contributed by atoms with E-state index in [2.05, 4.69) is 5.32 Å². The molecule has 0 aromatic heterocycles. The summed E-state index contributed by atoms with van der Waals surface area (Å²) >= 11 is 5.96. The molecule has 1 atom stereocenters. The van der Waals surface area contributed by atoms with Crippen molar-refractivity contribution in [2.24, 2.45) is 0 Å². The van der Waals surface area contributed by atoms with Gasteiger partial charge in [-0.1, -0.05) is 41.9 Å². The van der Waals surface area contributed by atoms with Crippen molar-refractivity contribution < 1.29 is 23.1 Å². The molecule has 0 bridgehead atoms. The van der Waals surface area contributed by atoms with Gasteiger partial charge in [0.25, 0.3) is 0 Å². The second-order valence-electron chi connectivity index (χ2n) is 5.21. The number of aliphatic hydroxyl groups is 1. The predicted octanol–water partition coefficient (Wildman–Crippen LogP) is 3.75. The third kappa shape index (κ3) is 4.97. The lowest BCUT2D eigenvalue weighted by molar-refractivity contribution is -0.137. The summed E-state index contributed by atoms with van der Waals surface area (Å²) in [5.74, 6) is -0.339. The first-order valence-corrected chi connectivity index (χ1v) is 7.50. The number of nitrogens with one attached hydrogen (secondary N) is 1. The van der Waals surface area contributed by atoms with Crippen LogP contribution in [0.4, 0.5) is 13.2 Å². The first-order valence-electron chi connectivity index (χ1n) is 7.12. The number of rotatable bonds is 5. The summed E-state index contributed by atoms with van der Waals surface area (Å²) in [5.41, 5.74) is 0.155. The maximum absolute atomic E-state index is 12.5. The molecule has 24 heavy (non-hydrogen) atoms. The number of carbonyl (C=O) groups excluding carboxylic acids is 1. The molecule has 128 valence electrons. The van der Waals surface area contributed by atoms with E-state index in [0.29, 0.717) is 16.1 Å². The topological polar surface area (TPSA) is 49.3 Å². The van der Waals surface area contributed by atoms with Crippen molar-refractivity contribution in [3.63, 3.8) is 0 Å². The van der Waals surface area contributed by atoms with Crippen LogP contribution in [0.5, 0.6) is 0 Å². The monoisotopic (exact) mass is 357 g/mol. The molecule has 1 amide bonds. The Balaban J connectivity index is 1.89. The van der Waals surface area contributed by atoms with Crippen molar-refractivity contribution in [2.45, 2.75) is 18.7 Å². The van der Waals surface area contributed by atoms with Crippen LogP contribution in [0, 0.1) is 0 Å². The van der Waals surface area contributed by atoms with Crippen LogP contribution >= 0.6 is 11.6 Å². The molecule has 0 radical (unpaired) electrons. The van der Waals surface area contributed by atoms with Crippen LogP contribution in [0.25, 0.3) is 0 Å². The second-order valence-corrected chi connectivity index (χ2v) is 5.62. The van der Waals surface area contributed by atoms with Gasteiger partial charge in [-0.15, -0.1) is 0 Å². The highest BCUT2D eigenvalue weighted by molar-refractivity contribution is 6.31. The number of benzene rings is 2. The van der Waals surface area contributed by atoms with Gasteiger partial charge in [-0.2, -0.15) is 13.2 Å². The van der Waals surface area contributed by atoms with Gasteiger partial charge in [0.15, 0.2) is 0 Å². The molecule has 2 aromatic carbocycles. The minimum absolute atomic E-state index is 0.0550. The zero-order valence-corrected chi connectivity index (χ0v) is 13.2. The Morgan fingerprint density at radius 2 is 1.75 bits per heavy atom. The fraction of sp³-hybridized carbons (Fsp3) is 0.235. The van der Waals surface area contributed by atoms with E-state index in [-0.39, 0.29) is 18.9 Å². The fourth-order valence-corrected chi connectivity index (χ4v) is 2.30. The Morgan fingerprint density at radius 1 is 1.12 bits per heavy atom. The summed E-state index contributed by atoms with van der Waals surface area (Å²) in [4.78, 5) is 11.9. The summed E-state index contributed by atoms with van der Waals surface area (Å²) in [6.45, 7) is -0.103. The quantitative estimate of drug-likeness (QED) is 0.856. The molecule has 2 aromatic rings. The molecule has 0 aliphatic heterocycles. The van der Waals surface area contributed by atoms with E-state index in [0.717, 1.165) is 12.1 Å². The number of aliphatic hydroxyl groups excluding tert-OH is 1. The van der Waals surface area contributed by atoms with Crippen LogP contribution < -0.4 is 5.32 Å². The summed E-state index contributed by atoms with van der Waals surface area (Å²) in [5, 5.41) is 13.0. The molecule has 2 N–H and O–H groups in total. The van der Waals surface area contributed by atoms with Crippen molar-refractivity contribution in [1.29, 1.82) is 0 Å². The predicted molar refractivity (Wildman–Crippen MR) is 84.6 cm³/mol. The highest BCUT2D eigenvalue weighted by Crippen LogP contribution is 2.29. The van der Waals surface area contributed by atoms with Gasteiger partial charge in [0.2, 0.25) is 5.91 Å². The summed E-state index contributed by atoms with van der Waals surface area (Å²) in [6.07, 6.45) is -5.46. The molecule has 0 saturated heterocycles. The van der Waals surface area contributed by atoms with E-state index in [1.165, 1.54) is 12.1 Å². The van der Waals surface area contributed by atoms with Crippen LogP contribution in [0.15, 0.2) is 48.5 Å². The van der Waals surface area contributed by atoms with E-state index in [1.54, 1.807) is 24.3 Å². The largest absolute Gasteiger partial charge is 0.416 e. The van der Waals surface area contributed by atoms with Crippen LogP contribution in [0.3, 0.4) is 0 Å². The van der Waals surface area contributed by atoms with Crippen molar-refractivity contribution in [3.05, 3.63) is 70.2 Å². The van der Waals surface area contributed by atoms with E-state index < -0.39 is 17.8 Å². The molecule has 0 spiro atoms. The molecule has 0 fully saturated rings. The number of halogens is 4. The average Bonchev–Trinajstić information content (AvgIpc) is 2.54. The lowest BCUT2D eigenvalue weighted by Crippen LogP contribution is -2.29. The minimum Gasteiger partial charge on any atom is -0.387 e. The van der Waals surface area contributed by atoms with Gasteiger partial charge in [0.05, 0.1) is 18.1 Å². The zero-order chi connectivity index (χ0) is 17.7. The van der Waals surface area contributed by atoms with Gasteiger partial charge >= 0.3 is 6.18 Å². The van der Waals surface area contributed by atoms with Gasteiger partial charge in [-0.3, -0.25) is 4.79 Å². The molecule has 0 aliphatic rings. The summed E-state index contributed by atoms with van der Waals surface area (Å²) in [7, 11) is 0. The van der Waals surface area contributed by atoms with Crippen molar-refractivity contribution >= 4 is 17.5 Å². The normalized spacial score (nSPS) is 12.7. The summed E-state index contributed by atoms with van der Waals surface area (Å²) in [6, 6.07) is 11.1. The van der Waals surface area contributed by atoms with E-state index >= 15 is 0 Å². The number of hydrogen-bond donors (Lipinski definition) is 2. The summed E-state index contributed by atoms with van der Waals surface area (Å²) < 4.78 is 37.5. The van der Waals surface area contributed by atoms with Crippen LogP contribution in [-0.2, 0) is 17.4 Å². The third-order valence-electron chi connectivity index (χ3n) is 3.42. The molecule has 7 heteroatoms. The Hall–Kier alpha value is -2.05. The standard InChI is InChI=1S/C17H15ClF3NO2/c18-14-4-2-1-3-12(14)9-16(24)22-10-15(23)11-5-7-13(8-6-11)17(19,20)21/h1-8,15,23H,9-10H2,(H,22,24)/t15-/m1/s1. The molecule has 2 rings (SSSR count). The first kappa shape index (κ1) is 18.3. The Kier molecular flexibility index (Phi) is 5.85. The van der Waals surface area contributed by atoms with Crippen molar-refractivity contribution in [2.75, 3.05) is 6.54 Å². The lowest BCUT2D eigenvalue weighted by atomic mass is 10.1. The highest BCUT2D eigenvalue weighted by Gasteiger charge is 2.30. The number of alkyl halides is 3. The zero-order valence-electron chi connectivity index (χ0n) is 12.5. The van der Waals surface area contributed by atoms with Gasteiger partial charge in [0.1, 0.15) is 0 Å². The smallest absolute Gasteiger partial charge is 0.387 e. The Morgan fingerprint density at radius 3 is 2.33 bits per heavy atom. The number of amides is 1. The van der Waals surface area contributed by atoms with E-state index in [9.17, 15) is 23.1 Å². The van der Waals surface area contributed by atoms with Crippen LogP contribution in [-0.4, -0.2) is 17.6 Å². The maximum atomic E-state index is 12.5. The number of carbonyl (C=O) groups is 1. The van der Waals surface area contributed by atoms with Crippen LogP contribution in [0.2, 0.25) is 5.02 Å². The minimum atomic E-state index is -4.42. The molecule has 0 unspecified atom stereocenters. The van der Waals surface area contributed by atoms with E-state index in [1.807, 2.05) is 0 Å². The maximum Gasteiger partial charge on any atom is 0.416 e. The second kappa shape index (κ2) is 7.68. The van der Waals surface area contributed by atoms with Crippen LogP contribution in [0.1, 0.15) is 22.8 Å². The van der Waals surface area contributed by atoms with Gasteiger partial charge in [-0.05, 0) is 29.3 Å². The average molecular weight is 358 g/mol. The molecular weight excluding hydrogens is 343 g/mol. The first-order chi connectivity index (χ1) is 11.3. The molecular formula is C17H15ClF3NO2. The van der Waals surface area contributed by atoms with Crippen molar-refractivity contribution in [3.8, 4) is 0 Å². The molecule has 3 nitrogen and oxygen atoms in total. The van der Waals surface area contributed by atoms with Gasteiger partial charge in [0, 0.05) is 11.6 Å². The fourth-order valence-electron chi connectivity index (χ4n) is 2.10. The SMILES string of the molecule is O=C(Cc1ccccc1Cl)NC[C@@H](O)c1ccc(C(F)(F)F)cc1. The van der Waals surface area contributed by atoms with Crippen molar-refractivity contribution in [1.82, 2.24) is 5.32 Å². The Bertz CT molecular complexity index is 702. The third-order valence-corrected chi connectivity index (χ3v) is 3.79. The lowest BCUT2D eigenvalue weighted by Gasteiger charge is -2.14.